The Morgan fingerprint density at radius 1 is 1.04 bits per heavy atom. The summed E-state index contributed by atoms with van der Waals surface area (Å²) in [6.07, 6.45) is 0.328. The average molecular weight is 401 g/mol. The highest BCUT2D eigenvalue weighted by atomic mass is 32.2. The van der Waals surface area contributed by atoms with Gasteiger partial charge in [0.15, 0.2) is 0 Å². The fourth-order valence-electron chi connectivity index (χ4n) is 2.28. The molecule has 26 heavy (non-hydrogen) atoms. The van der Waals surface area contributed by atoms with E-state index in [1.807, 2.05) is 58.0 Å². The SMILES string of the molecule is C/C(C[C@](C)(NS(=O)(=O)C(C)(C)C)c1ccccc1)=N\S(=O)C(C)(C)C. The van der Waals surface area contributed by atoms with E-state index in [1.165, 1.54) is 0 Å². The minimum Gasteiger partial charge on any atom is -0.234 e. The predicted octanol–water partition coefficient (Wildman–Crippen LogP) is 3.93. The third-order valence-electron chi connectivity index (χ3n) is 3.95. The Morgan fingerprint density at radius 3 is 1.96 bits per heavy atom. The monoisotopic (exact) mass is 400 g/mol. The summed E-state index contributed by atoms with van der Waals surface area (Å²) in [6, 6.07) is 9.41. The molecule has 0 saturated heterocycles. The topological polar surface area (TPSA) is 75.6 Å². The molecule has 1 aromatic carbocycles. The molecule has 0 amide bonds. The Kier molecular flexibility index (Phi) is 6.99. The number of hydrogen-bond acceptors (Lipinski definition) is 3. The molecule has 0 aromatic heterocycles. The van der Waals surface area contributed by atoms with E-state index in [9.17, 15) is 12.6 Å². The largest absolute Gasteiger partial charge is 0.234 e. The lowest BCUT2D eigenvalue weighted by Crippen LogP contribution is -2.50. The summed E-state index contributed by atoms with van der Waals surface area (Å²) >= 11 is 0. The van der Waals surface area contributed by atoms with Gasteiger partial charge in [0.2, 0.25) is 10.0 Å². The molecule has 0 radical (unpaired) electrons. The van der Waals surface area contributed by atoms with Crippen molar-refractivity contribution in [2.75, 3.05) is 0 Å². The fraction of sp³-hybridized carbons (Fsp3) is 0.632. The van der Waals surface area contributed by atoms with Gasteiger partial charge in [0, 0.05) is 12.1 Å². The van der Waals surface area contributed by atoms with Gasteiger partial charge in [-0.1, -0.05) is 30.3 Å². The molecular formula is C19H32N2O3S2. The van der Waals surface area contributed by atoms with Crippen LogP contribution in [0.5, 0.6) is 0 Å². The van der Waals surface area contributed by atoms with Crippen LogP contribution in [0.25, 0.3) is 0 Å². The van der Waals surface area contributed by atoms with E-state index >= 15 is 0 Å². The molecule has 1 aromatic rings. The molecule has 1 unspecified atom stereocenters. The molecular weight excluding hydrogens is 368 g/mol. The third kappa shape index (κ3) is 5.99. The highest BCUT2D eigenvalue weighted by molar-refractivity contribution is 7.90. The van der Waals surface area contributed by atoms with Crippen LogP contribution in [0.1, 0.15) is 67.4 Å². The second kappa shape index (κ2) is 7.90. The molecule has 0 bridgehead atoms. The molecule has 1 N–H and O–H groups in total. The third-order valence-corrected chi connectivity index (χ3v) is 7.81. The number of rotatable bonds is 6. The Balaban J connectivity index is 3.31. The van der Waals surface area contributed by atoms with Crippen molar-refractivity contribution in [2.45, 2.75) is 76.8 Å². The summed E-state index contributed by atoms with van der Waals surface area (Å²) in [4.78, 5) is 0. The van der Waals surface area contributed by atoms with Crippen LogP contribution in [0.2, 0.25) is 0 Å². The van der Waals surface area contributed by atoms with Gasteiger partial charge in [-0.25, -0.2) is 17.3 Å². The summed E-state index contributed by atoms with van der Waals surface area (Å²) in [6.45, 7) is 14.2. The lowest BCUT2D eigenvalue weighted by molar-refractivity contribution is 0.434. The van der Waals surface area contributed by atoms with E-state index in [0.29, 0.717) is 12.1 Å². The lowest BCUT2D eigenvalue weighted by atomic mass is 9.88. The van der Waals surface area contributed by atoms with Gasteiger partial charge in [-0.2, -0.15) is 4.40 Å². The predicted molar refractivity (Wildman–Crippen MR) is 111 cm³/mol. The van der Waals surface area contributed by atoms with E-state index in [-0.39, 0.29) is 0 Å². The van der Waals surface area contributed by atoms with Crippen LogP contribution < -0.4 is 4.72 Å². The van der Waals surface area contributed by atoms with E-state index in [2.05, 4.69) is 9.12 Å². The van der Waals surface area contributed by atoms with Gasteiger partial charge in [-0.3, -0.25) is 0 Å². The van der Waals surface area contributed by atoms with E-state index in [1.54, 1.807) is 27.7 Å². The van der Waals surface area contributed by atoms with Crippen molar-refractivity contribution in [3.63, 3.8) is 0 Å². The van der Waals surface area contributed by atoms with Crippen LogP contribution >= 0.6 is 0 Å². The van der Waals surface area contributed by atoms with E-state index in [4.69, 9.17) is 0 Å². The summed E-state index contributed by atoms with van der Waals surface area (Å²) in [7, 11) is -4.97. The second-order valence-corrected chi connectivity index (χ2v) is 13.1. The molecule has 0 spiro atoms. The zero-order valence-corrected chi connectivity index (χ0v) is 18.7. The highest BCUT2D eigenvalue weighted by Gasteiger charge is 2.38. The van der Waals surface area contributed by atoms with Crippen LogP contribution in [-0.2, 0) is 26.5 Å². The van der Waals surface area contributed by atoms with Gasteiger partial charge in [0.1, 0.15) is 11.0 Å². The Bertz CT molecular complexity index is 773. The molecule has 0 aliphatic rings. The van der Waals surface area contributed by atoms with Crippen molar-refractivity contribution in [2.24, 2.45) is 4.40 Å². The highest BCUT2D eigenvalue weighted by Crippen LogP contribution is 2.29. The minimum absolute atomic E-state index is 0.328. The van der Waals surface area contributed by atoms with Crippen LogP contribution in [0.3, 0.4) is 0 Å². The maximum atomic E-state index is 12.8. The zero-order valence-electron chi connectivity index (χ0n) is 17.1. The standard InChI is InChI=1S/C19H32N2O3S2/c1-15(20-25(22)17(2,3)4)14-19(8,16-12-10-9-11-13-16)21-26(23,24)18(5,6)7/h9-13,21H,14H2,1-8H3/b20-15+/t19-,25?/m0/s1. The molecule has 0 saturated carbocycles. The molecule has 5 nitrogen and oxygen atoms in total. The van der Waals surface area contributed by atoms with Gasteiger partial charge >= 0.3 is 0 Å². The molecule has 0 aliphatic carbocycles. The lowest BCUT2D eigenvalue weighted by Gasteiger charge is -2.34. The molecule has 2 atom stereocenters. The smallest absolute Gasteiger partial charge is 0.217 e. The summed E-state index contributed by atoms with van der Waals surface area (Å²) in [5.41, 5.74) is 0.591. The van der Waals surface area contributed by atoms with Crippen molar-refractivity contribution in [3.05, 3.63) is 35.9 Å². The van der Waals surface area contributed by atoms with Gasteiger partial charge < -0.3 is 0 Å². The minimum atomic E-state index is -3.59. The zero-order chi connectivity index (χ0) is 20.4. The summed E-state index contributed by atoms with van der Waals surface area (Å²) in [5, 5.41) is 0. The number of nitrogens with zero attached hydrogens (tertiary/aromatic N) is 1. The first-order valence-electron chi connectivity index (χ1n) is 8.64. The van der Waals surface area contributed by atoms with Crippen molar-refractivity contribution >= 4 is 26.7 Å². The van der Waals surface area contributed by atoms with Gasteiger partial charge in [-0.05, 0) is 61.0 Å². The van der Waals surface area contributed by atoms with Gasteiger partial charge in [0.25, 0.3) is 0 Å². The number of sulfonamides is 1. The number of benzene rings is 1. The van der Waals surface area contributed by atoms with Crippen LogP contribution in [0, 0.1) is 0 Å². The molecule has 1 rings (SSSR count). The Morgan fingerprint density at radius 2 is 1.54 bits per heavy atom. The van der Waals surface area contributed by atoms with Crippen LogP contribution in [-0.4, -0.2) is 27.8 Å². The molecule has 0 heterocycles. The first-order chi connectivity index (χ1) is 11.6. The first kappa shape index (κ1) is 23.0. The normalized spacial score (nSPS) is 17.6. The van der Waals surface area contributed by atoms with Crippen molar-refractivity contribution in [1.82, 2.24) is 4.72 Å². The first-order valence-corrected chi connectivity index (χ1v) is 11.2. The van der Waals surface area contributed by atoms with Crippen LogP contribution in [0.15, 0.2) is 34.7 Å². The molecule has 7 heteroatoms. The van der Waals surface area contributed by atoms with Crippen LogP contribution in [0.4, 0.5) is 0 Å². The average Bonchev–Trinajstić information content (AvgIpc) is 2.45. The Labute approximate surface area is 161 Å². The summed E-state index contributed by atoms with van der Waals surface area (Å²) in [5.74, 6) is 0. The van der Waals surface area contributed by atoms with E-state index < -0.39 is 36.0 Å². The number of nitrogens with one attached hydrogen (secondary N) is 1. The van der Waals surface area contributed by atoms with Crippen molar-refractivity contribution < 1.29 is 12.6 Å². The summed E-state index contributed by atoms with van der Waals surface area (Å²) < 4.78 is 43.7. The van der Waals surface area contributed by atoms with Gasteiger partial charge in [-0.15, -0.1) is 0 Å². The fourth-order valence-corrected chi connectivity index (χ4v) is 3.99. The van der Waals surface area contributed by atoms with E-state index in [0.717, 1.165) is 5.56 Å². The molecule has 0 fully saturated rings. The second-order valence-electron chi connectivity index (χ2n) is 8.78. The van der Waals surface area contributed by atoms with Crippen molar-refractivity contribution in [3.8, 4) is 0 Å². The van der Waals surface area contributed by atoms with Crippen molar-refractivity contribution in [1.29, 1.82) is 0 Å². The quantitative estimate of drug-likeness (QED) is 0.735. The number of hydrogen-bond donors (Lipinski definition) is 1. The maximum absolute atomic E-state index is 12.8. The molecule has 0 aliphatic heterocycles. The Hall–Kier alpha value is -1.05. The maximum Gasteiger partial charge on any atom is 0.217 e. The van der Waals surface area contributed by atoms with Gasteiger partial charge in [0.05, 0.1) is 15.0 Å². The molecule has 148 valence electrons.